The van der Waals surface area contributed by atoms with Gasteiger partial charge in [0, 0.05) is 34.4 Å². The first-order valence-electron chi connectivity index (χ1n) is 6.53. The van der Waals surface area contributed by atoms with Crippen molar-refractivity contribution in [2.75, 3.05) is 20.4 Å². The molecule has 2 rings (SSSR count). The average Bonchev–Trinajstić information content (AvgIpc) is 2.78. The maximum absolute atomic E-state index is 12.5. The number of imidazole rings is 1. The molecule has 0 saturated heterocycles. The van der Waals surface area contributed by atoms with Crippen LogP contribution in [-0.2, 0) is 35.3 Å². The van der Waals surface area contributed by atoms with E-state index in [9.17, 15) is 22.8 Å². The zero-order valence-corrected chi connectivity index (χ0v) is 14.2. The number of rotatable bonds is 3. The number of likely N-dealkylation sites (N-methyl/N-ethyl adjacent to an activating group) is 1. The lowest BCUT2D eigenvalue weighted by molar-refractivity contribution is -0.129. The lowest BCUT2D eigenvalue weighted by Gasteiger charge is -2.12. The van der Waals surface area contributed by atoms with Crippen molar-refractivity contribution in [2.45, 2.75) is 11.7 Å². The highest BCUT2D eigenvalue weighted by molar-refractivity contribution is 7.90. The highest BCUT2D eigenvalue weighted by atomic mass is 32.2. The summed E-state index contributed by atoms with van der Waals surface area (Å²) in [5, 5.41) is -0.323. The van der Waals surface area contributed by atoms with E-state index in [1.54, 1.807) is 0 Å². The first kappa shape index (κ1) is 16.9. The van der Waals surface area contributed by atoms with Gasteiger partial charge in [-0.1, -0.05) is 0 Å². The molecule has 0 fully saturated rings. The number of fused-ring (bicyclic) bond motifs is 1. The minimum absolute atomic E-state index is 0.0449. The van der Waals surface area contributed by atoms with Gasteiger partial charge in [0.15, 0.2) is 11.2 Å². The van der Waals surface area contributed by atoms with Gasteiger partial charge in [-0.05, 0) is 0 Å². The molecule has 11 heteroatoms. The molecule has 0 aliphatic carbocycles. The van der Waals surface area contributed by atoms with Crippen LogP contribution in [0.1, 0.15) is 0 Å². The highest BCUT2D eigenvalue weighted by Crippen LogP contribution is 2.13. The van der Waals surface area contributed by atoms with E-state index in [4.69, 9.17) is 0 Å². The number of hydrogen-bond acceptors (Lipinski definition) is 6. The molecule has 2 heterocycles. The van der Waals surface area contributed by atoms with Crippen LogP contribution in [0.5, 0.6) is 0 Å². The van der Waals surface area contributed by atoms with E-state index in [1.165, 1.54) is 33.1 Å². The Hall–Kier alpha value is -2.43. The Balaban J connectivity index is 2.90. The van der Waals surface area contributed by atoms with Gasteiger partial charge in [0.1, 0.15) is 6.54 Å². The number of hydrogen-bond donors (Lipinski definition) is 0. The van der Waals surface area contributed by atoms with Gasteiger partial charge < -0.3 is 9.47 Å². The van der Waals surface area contributed by atoms with Crippen molar-refractivity contribution in [1.29, 1.82) is 0 Å². The van der Waals surface area contributed by atoms with E-state index in [0.29, 0.717) is 0 Å². The van der Waals surface area contributed by atoms with Crippen LogP contribution in [0.2, 0.25) is 0 Å². The third-order valence-corrected chi connectivity index (χ3v) is 4.47. The molecule has 23 heavy (non-hydrogen) atoms. The van der Waals surface area contributed by atoms with Crippen molar-refractivity contribution in [1.82, 2.24) is 23.6 Å². The summed E-state index contributed by atoms with van der Waals surface area (Å²) in [7, 11) is 2.06. The number of nitrogens with zero attached hydrogens (tertiary/aromatic N) is 5. The third-order valence-electron chi connectivity index (χ3n) is 3.44. The molecule has 2 aromatic rings. The van der Waals surface area contributed by atoms with Crippen LogP contribution in [0, 0.1) is 0 Å². The molecule has 1 amide bonds. The third kappa shape index (κ3) is 2.67. The summed E-state index contributed by atoms with van der Waals surface area (Å²) in [6, 6.07) is 0. The molecule has 0 spiro atoms. The second-order valence-electron chi connectivity index (χ2n) is 5.42. The SMILES string of the molecule is CN(C)C(=O)Cn1c(=O)c2c(nc(S(C)(=O)=O)n2C)n(C)c1=O. The second-order valence-corrected chi connectivity index (χ2v) is 7.33. The molecule has 2 aromatic heterocycles. The summed E-state index contributed by atoms with van der Waals surface area (Å²) in [5.41, 5.74) is -1.60. The smallest absolute Gasteiger partial charge is 0.332 e. The Morgan fingerprint density at radius 1 is 1.17 bits per heavy atom. The molecule has 126 valence electrons. The summed E-state index contributed by atoms with van der Waals surface area (Å²) >= 11 is 0. The van der Waals surface area contributed by atoms with Crippen LogP contribution in [0.25, 0.3) is 11.2 Å². The number of carbonyl (C=O) groups excluding carboxylic acids is 1. The maximum atomic E-state index is 12.5. The van der Waals surface area contributed by atoms with Crippen molar-refractivity contribution in [3.8, 4) is 0 Å². The molecular formula is C12H17N5O5S. The van der Waals surface area contributed by atoms with Gasteiger partial charge in [0.05, 0.1) is 0 Å². The van der Waals surface area contributed by atoms with Gasteiger partial charge in [-0.25, -0.2) is 17.8 Å². The molecular weight excluding hydrogens is 326 g/mol. The predicted molar refractivity (Wildman–Crippen MR) is 82.0 cm³/mol. The van der Waals surface area contributed by atoms with Gasteiger partial charge in [0.2, 0.25) is 20.9 Å². The number of amides is 1. The van der Waals surface area contributed by atoms with E-state index in [2.05, 4.69) is 4.98 Å². The largest absolute Gasteiger partial charge is 0.347 e. The Morgan fingerprint density at radius 3 is 2.22 bits per heavy atom. The van der Waals surface area contributed by atoms with Crippen molar-refractivity contribution in [2.24, 2.45) is 14.1 Å². The molecule has 10 nitrogen and oxygen atoms in total. The van der Waals surface area contributed by atoms with Gasteiger partial charge >= 0.3 is 5.69 Å². The van der Waals surface area contributed by atoms with Crippen LogP contribution in [0.15, 0.2) is 14.7 Å². The normalized spacial score (nSPS) is 11.9. The fourth-order valence-electron chi connectivity index (χ4n) is 2.17. The van der Waals surface area contributed by atoms with Crippen LogP contribution in [0.3, 0.4) is 0 Å². The first-order valence-corrected chi connectivity index (χ1v) is 8.42. The zero-order valence-electron chi connectivity index (χ0n) is 13.4. The van der Waals surface area contributed by atoms with E-state index >= 15 is 0 Å². The minimum Gasteiger partial charge on any atom is -0.347 e. The molecule has 0 unspecified atom stereocenters. The standard InChI is InChI=1S/C12H17N5O5S/c1-14(2)7(18)6-17-10(19)8-9(16(4)12(17)20)13-11(15(8)3)23(5,21)22/h6H2,1-5H3. The minimum atomic E-state index is -3.68. The number of carbonyl (C=O) groups is 1. The van der Waals surface area contributed by atoms with E-state index in [1.807, 2.05) is 0 Å². The van der Waals surface area contributed by atoms with E-state index in [0.717, 1.165) is 20.0 Å². The lowest BCUT2D eigenvalue weighted by atomic mass is 10.4. The van der Waals surface area contributed by atoms with Crippen LogP contribution in [0.4, 0.5) is 0 Å². The molecule has 0 radical (unpaired) electrons. The lowest BCUT2D eigenvalue weighted by Crippen LogP contribution is -2.43. The molecule has 0 N–H and O–H groups in total. The average molecular weight is 343 g/mol. The molecule has 0 saturated carbocycles. The quantitative estimate of drug-likeness (QED) is 0.632. The number of sulfone groups is 1. The fraction of sp³-hybridized carbons (Fsp3) is 0.500. The van der Waals surface area contributed by atoms with Crippen molar-refractivity contribution >= 4 is 26.9 Å². The van der Waals surface area contributed by atoms with Gasteiger partial charge in [-0.3, -0.25) is 14.2 Å². The predicted octanol–water partition coefficient (Wildman–Crippen LogP) is -2.07. The van der Waals surface area contributed by atoms with Crippen LogP contribution in [-0.4, -0.2) is 58.3 Å². The van der Waals surface area contributed by atoms with Crippen molar-refractivity contribution < 1.29 is 13.2 Å². The molecule has 0 aliphatic rings. The van der Waals surface area contributed by atoms with E-state index in [-0.39, 0.29) is 16.3 Å². The second kappa shape index (κ2) is 5.33. The summed E-state index contributed by atoms with van der Waals surface area (Å²) in [4.78, 5) is 41.8. The first-order chi connectivity index (χ1) is 10.5. The maximum Gasteiger partial charge on any atom is 0.332 e. The highest BCUT2D eigenvalue weighted by Gasteiger charge is 2.24. The van der Waals surface area contributed by atoms with Crippen LogP contribution < -0.4 is 11.2 Å². The topological polar surface area (TPSA) is 116 Å². The molecule has 0 aliphatic heterocycles. The fourth-order valence-corrected chi connectivity index (χ4v) is 3.01. The van der Waals surface area contributed by atoms with Gasteiger partial charge in [-0.15, -0.1) is 0 Å². The van der Waals surface area contributed by atoms with E-state index < -0.39 is 33.5 Å². The Labute approximate surface area is 131 Å². The molecule has 0 aromatic carbocycles. The summed E-state index contributed by atoms with van der Waals surface area (Å²) in [5.74, 6) is -0.436. The van der Waals surface area contributed by atoms with Crippen LogP contribution >= 0.6 is 0 Å². The summed E-state index contributed by atoms with van der Waals surface area (Å²) < 4.78 is 26.4. The number of aromatic nitrogens is 4. The Bertz CT molecular complexity index is 1020. The summed E-state index contributed by atoms with van der Waals surface area (Å²) in [6.45, 7) is -0.437. The Kier molecular flexibility index (Phi) is 3.93. The van der Waals surface area contributed by atoms with Crippen molar-refractivity contribution in [3.63, 3.8) is 0 Å². The summed E-state index contributed by atoms with van der Waals surface area (Å²) in [6.07, 6.45) is 0.959. The Morgan fingerprint density at radius 2 is 1.74 bits per heavy atom. The zero-order chi connectivity index (χ0) is 17.7. The van der Waals surface area contributed by atoms with Gasteiger partial charge in [0.25, 0.3) is 5.56 Å². The van der Waals surface area contributed by atoms with Gasteiger partial charge in [-0.2, -0.15) is 4.98 Å². The van der Waals surface area contributed by atoms with Crippen molar-refractivity contribution in [3.05, 3.63) is 20.8 Å². The number of aryl methyl sites for hydroxylation is 2. The molecule has 0 atom stereocenters. The molecule has 0 bridgehead atoms. The monoisotopic (exact) mass is 343 g/mol.